The summed E-state index contributed by atoms with van der Waals surface area (Å²) in [6.45, 7) is 2.03. The lowest BCUT2D eigenvalue weighted by molar-refractivity contribution is 0.460. The van der Waals surface area contributed by atoms with Crippen LogP contribution in [0.3, 0.4) is 0 Å². The Morgan fingerprint density at radius 1 is 1.57 bits per heavy atom. The number of rotatable bonds is 2. The predicted molar refractivity (Wildman–Crippen MR) is 55.4 cm³/mol. The van der Waals surface area contributed by atoms with Crippen molar-refractivity contribution in [1.29, 1.82) is 0 Å². The summed E-state index contributed by atoms with van der Waals surface area (Å²) in [6, 6.07) is 3.75. The van der Waals surface area contributed by atoms with E-state index >= 15 is 0 Å². The van der Waals surface area contributed by atoms with Gasteiger partial charge in [0, 0.05) is 18.8 Å². The van der Waals surface area contributed by atoms with Gasteiger partial charge in [0.05, 0.1) is 0 Å². The molecule has 1 aromatic heterocycles. The van der Waals surface area contributed by atoms with Gasteiger partial charge >= 0.3 is 0 Å². The maximum Gasteiger partial charge on any atom is 0.168 e. The SMILES string of the molecule is Oc1cccnc1N[C@@H]1CCCNC1. The lowest BCUT2D eigenvalue weighted by atomic mass is 10.1. The van der Waals surface area contributed by atoms with Gasteiger partial charge in [0.15, 0.2) is 11.6 Å². The molecule has 4 heteroatoms. The van der Waals surface area contributed by atoms with E-state index in [4.69, 9.17) is 0 Å². The molecule has 1 aliphatic heterocycles. The van der Waals surface area contributed by atoms with E-state index in [1.165, 1.54) is 6.42 Å². The van der Waals surface area contributed by atoms with E-state index in [2.05, 4.69) is 15.6 Å². The number of hydrogen-bond acceptors (Lipinski definition) is 4. The number of aromatic hydroxyl groups is 1. The van der Waals surface area contributed by atoms with Crippen LogP contribution in [0.5, 0.6) is 5.75 Å². The average Bonchev–Trinajstić information content (AvgIpc) is 2.23. The summed E-state index contributed by atoms with van der Waals surface area (Å²) in [7, 11) is 0. The van der Waals surface area contributed by atoms with Gasteiger partial charge in [-0.05, 0) is 31.5 Å². The summed E-state index contributed by atoms with van der Waals surface area (Å²) < 4.78 is 0. The Morgan fingerprint density at radius 2 is 2.50 bits per heavy atom. The third-order valence-corrected chi connectivity index (χ3v) is 2.42. The lowest BCUT2D eigenvalue weighted by Crippen LogP contribution is -2.38. The van der Waals surface area contributed by atoms with Crippen molar-refractivity contribution in [3.05, 3.63) is 18.3 Å². The summed E-state index contributed by atoms with van der Waals surface area (Å²) >= 11 is 0. The molecule has 4 nitrogen and oxygen atoms in total. The number of aromatic nitrogens is 1. The van der Waals surface area contributed by atoms with E-state index in [0.29, 0.717) is 11.9 Å². The summed E-state index contributed by atoms with van der Waals surface area (Å²) in [5.74, 6) is 0.805. The van der Waals surface area contributed by atoms with Gasteiger partial charge in [0.1, 0.15) is 0 Å². The predicted octanol–water partition coefficient (Wildman–Crippen LogP) is 0.951. The molecule has 2 heterocycles. The van der Waals surface area contributed by atoms with Crippen LogP contribution < -0.4 is 10.6 Å². The van der Waals surface area contributed by atoms with E-state index in [9.17, 15) is 5.11 Å². The van der Waals surface area contributed by atoms with Crippen LogP contribution in [0.25, 0.3) is 0 Å². The van der Waals surface area contributed by atoms with Crippen molar-refractivity contribution in [1.82, 2.24) is 10.3 Å². The molecule has 1 aromatic rings. The Hall–Kier alpha value is -1.29. The van der Waals surface area contributed by atoms with Gasteiger partial charge in [-0.25, -0.2) is 4.98 Å². The van der Waals surface area contributed by atoms with Crippen LogP contribution in [0.15, 0.2) is 18.3 Å². The quantitative estimate of drug-likeness (QED) is 0.654. The van der Waals surface area contributed by atoms with Gasteiger partial charge in [-0.3, -0.25) is 0 Å². The minimum Gasteiger partial charge on any atom is -0.504 e. The minimum absolute atomic E-state index is 0.220. The molecule has 1 fully saturated rings. The number of piperidine rings is 1. The van der Waals surface area contributed by atoms with Gasteiger partial charge in [-0.1, -0.05) is 0 Å². The summed E-state index contributed by atoms with van der Waals surface area (Å²) in [5.41, 5.74) is 0. The van der Waals surface area contributed by atoms with Gasteiger partial charge in [-0.2, -0.15) is 0 Å². The van der Waals surface area contributed by atoms with Crippen LogP contribution in [0, 0.1) is 0 Å². The Balaban J connectivity index is 1.99. The monoisotopic (exact) mass is 193 g/mol. The molecule has 0 amide bonds. The third-order valence-electron chi connectivity index (χ3n) is 2.42. The fourth-order valence-electron chi connectivity index (χ4n) is 1.68. The first kappa shape index (κ1) is 9.27. The van der Waals surface area contributed by atoms with Crippen molar-refractivity contribution in [3.8, 4) is 5.75 Å². The lowest BCUT2D eigenvalue weighted by Gasteiger charge is -2.24. The van der Waals surface area contributed by atoms with Crippen molar-refractivity contribution in [2.45, 2.75) is 18.9 Å². The molecule has 0 unspecified atom stereocenters. The largest absolute Gasteiger partial charge is 0.504 e. The standard InChI is InChI=1S/C10H15N3O/c14-9-4-2-6-12-10(9)13-8-3-1-5-11-7-8/h2,4,6,8,11,14H,1,3,5,7H2,(H,12,13)/t8-/m1/s1. The van der Waals surface area contributed by atoms with Crippen LogP contribution in [-0.4, -0.2) is 29.2 Å². The van der Waals surface area contributed by atoms with Gasteiger partial charge < -0.3 is 15.7 Å². The molecular weight excluding hydrogens is 178 g/mol. The fraction of sp³-hybridized carbons (Fsp3) is 0.500. The molecule has 0 spiro atoms. The average molecular weight is 193 g/mol. The number of anilines is 1. The first-order chi connectivity index (χ1) is 6.86. The Labute approximate surface area is 83.4 Å². The highest BCUT2D eigenvalue weighted by atomic mass is 16.3. The summed E-state index contributed by atoms with van der Waals surface area (Å²) in [4.78, 5) is 4.08. The Bertz CT molecular complexity index is 297. The van der Waals surface area contributed by atoms with Crippen molar-refractivity contribution < 1.29 is 5.11 Å². The van der Waals surface area contributed by atoms with E-state index in [1.54, 1.807) is 18.3 Å². The molecule has 0 radical (unpaired) electrons. The van der Waals surface area contributed by atoms with Gasteiger partial charge in [0.25, 0.3) is 0 Å². The zero-order valence-corrected chi connectivity index (χ0v) is 8.03. The van der Waals surface area contributed by atoms with Crippen LogP contribution >= 0.6 is 0 Å². The first-order valence-electron chi connectivity index (χ1n) is 4.97. The molecule has 2 rings (SSSR count). The van der Waals surface area contributed by atoms with E-state index in [0.717, 1.165) is 19.5 Å². The highest BCUT2D eigenvalue weighted by Crippen LogP contribution is 2.20. The summed E-state index contributed by atoms with van der Waals surface area (Å²) in [5, 5.41) is 16.0. The molecule has 3 N–H and O–H groups in total. The second kappa shape index (κ2) is 4.28. The fourth-order valence-corrected chi connectivity index (χ4v) is 1.68. The zero-order chi connectivity index (χ0) is 9.80. The van der Waals surface area contributed by atoms with Crippen LogP contribution in [0.4, 0.5) is 5.82 Å². The smallest absolute Gasteiger partial charge is 0.168 e. The van der Waals surface area contributed by atoms with Crippen molar-refractivity contribution in [2.75, 3.05) is 18.4 Å². The number of hydrogen-bond donors (Lipinski definition) is 3. The molecule has 0 saturated carbocycles. The number of pyridine rings is 1. The van der Waals surface area contributed by atoms with Gasteiger partial charge in [0.2, 0.25) is 0 Å². The highest BCUT2D eigenvalue weighted by Gasteiger charge is 2.13. The molecular formula is C10H15N3O. The Morgan fingerprint density at radius 3 is 3.21 bits per heavy atom. The molecule has 1 atom stereocenters. The molecule has 1 aliphatic rings. The third kappa shape index (κ3) is 2.14. The van der Waals surface area contributed by atoms with Crippen molar-refractivity contribution in [3.63, 3.8) is 0 Å². The maximum atomic E-state index is 9.50. The number of nitrogens with zero attached hydrogens (tertiary/aromatic N) is 1. The van der Waals surface area contributed by atoms with Crippen LogP contribution in [0.1, 0.15) is 12.8 Å². The second-order valence-corrected chi connectivity index (χ2v) is 3.56. The zero-order valence-electron chi connectivity index (χ0n) is 8.03. The Kier molecular flexibility index (Phi) is 2.84. The molecule has 76 valence electrons. The normalized spacial score (nSPS) is 21.9. The van der Waals surface area contributed by atoms with E-state index in [1.807, 2.05) is 0 Å². The minimum atomic E-state index is 0.220. The number of nitrogens with one attached hydrogen (secondary N) is 2. The molecule has 0 aromatic carbocycles. The molecule has 0 bridgehead atoms. The van der Waals surface area contributed by atoms with Crippen LogP contribution in [0.2, 0.25) is 0 Å². The first-order valence-corrected chi connectivity index (χ1v) is 4.97. The molecule has 0 aliphatic carbocycles. The van der Waals surface area contributed by atoms with Crippen molar-refractivity contribution >= 4 is 5.82 Å². The maximum absolute atomic E-state index is 9.50. The summed E-state index contributed by atoms with van der Waals surface area (Å²) in [6.07, 6.45) is 3.98. The molecule has 1 saturated heterocycles. The van der Waals surface area contributed by atoms with E-state index < -0.39 is 0 Å². The molecule has 14 heavy (non-hydrogen) atoms. The van der Waals surface area contributed by atoms with E-state index in [-0.39, 0.29) is 5.75 Å². The van der Waals surface area contributed by atoms with Gasteiger partial charge in [-0.15, -0.1) is 0 Å². The van der Waals surface area contributed by atoms with Crippen LogP contribution in [-0.2, 0) is 0 Å². The highest BCUT2D eigenvalue weighted by molar-refractivity contribution is 5.49. The topological polar surface area (TPSA) is 57.2 Å². The second-order valence-electron chi connectivity index (χ2n) is 3.56. The van der Waals surface area contributed by atoms with Crippen molar-refractivity contribution in [2.24, 2.45) is 0 Å².